The first-order valence-corrected chi connectivity index (χ1v) is 6.48. The van der Waals surface area contributed by atoms with E-state index in [0.717, 1.165) is 44.5 Å². The Labute approximate surface area is 106 Å². The van der Waals surface area contributed by atoms with Gasteiger partial charge in [-0.15, -0.1) is 0 Å². The molecule has 2 heterocycles. The molecular weight excluding hydrogens is 230 g/mol. The standard InChI is InChI=1S/C14H17NO3/c16-10-15-6-3-11(4-7-15)13-2-1-12-5-8-17-18-14(12)9-13/h1-2,9-11H,3-8H2. The lowest BCUT2D eigenvalue weighted by atomic mass is 9.88. The highest BCUT2D eigenvalue weighted by Crippen LogP contribution is 2.32. The molecule has 2 aliphatic rings. The molecule has 0 radical (unpaired) electrons. The highest BCUT2D eigenvalue weighted by atomic mass is 17.2. The van der Waals surface area contributed by atoms with Crippen LogP contribution >= 0.6 is 0 Å². The molecule has 1 aromatic rings. The zero-order valence-corrected chi connectivity index (χ0v) is 10.3. The van der Waals surface area contributed by atoms with Crippen molar-refractivity contribution in [1.29, 1.82) is 0 Å². The molecule has 0 unspecified atom stereocenters. The van der Waals surface area contributed by atoms with E-state index in [2.05, 4.69) is 18.2 Å². The molecule has 2 aliphatic heterocycles. The molecule has 3 rings (SSSR count). The number of hydrogen-bond donors (Lipinski definition) is 0. The molecule has 0 atom stereocenters. The number of fused-ring (bicyclic) bond motifs is 1. The fourth-order valence-corrected chi connectivity index (χ4v) is 2.70. The van der Waals surface area contributed by atoms with E-state index >= 15 is 0 Å². The van der Waals surface area contributed by atoms with Crippen LogP contribution < -0.4 is 4.89 Å². The van der Waals surface area contributed by atoms with E-state index in [1.54, 1.807) is 0 Å². The highest BCUT2D eigenvalue weighted by Gasteiger charge is 2.21. The molecule has 1 saturated heterocycles. The number of rotatable bonds is 2. The average Bonchev–Trinajstić information content (AvgIpc) is 2.47. The molecule has 4 nitrogen and oxygen atoms in total. The molecule has 0 aliphatic carbocycles. The van der Waals surface area contributed by atoms with E-state index in [1.165, 1.54) is 11.1 Å². The zero-order chi connectivity index (χ0) is 12.4. The first-order valence-electron chi connectivity index (χ1n) is 6.48. The van der Waals surface area contributed by atoms with Crippen molar-refractivity contribution in [2.45, 2.75) is 25.2 Å². The summed E-state index contributed by atoms with van der Waals surface area (Å²) in [5.74, 6) is 1.38. The van der Waals surface area contributed by atoms with Gasteiger partial charge >= 0.3 is 0 Å². The van der Waals surface area contributed by atoms with Crippen LogP contribution in [-0.2, 0) is 16.1 Å². The van der Waals surface area contributed by atoms with Crippen LogP contribution in [0.1, 0.15) is 29.9 Å². The Morgan fingerprint density at radius 3 is 2.89 bits per heavy atom. The molecule has 0 aromatic heterocycles. The van der Waals surface area contributed by atoms with Crippen LogP contribution in [0.25, 0.3) is 0 Å². The van der Waals surface area contributed by atoms with Gasteiger partial charge in [-0.1, -0.05) is 12.1 Å². The van der Waals surface area contributed by atoms with E-state index < -0.39 is 0 Å². The van der Waals surface area contributed by atoms with E-state index in [9.17, 15) is 4.79 Å². The number of hydrogen-bond acceptors (Lipinski definition) is 3. The number of likely N-dealkylation sites (tertiary alicyclic amines) is 1. The molecule has 4 heteroatoms. The molecule has 1 aromatic carbocycles. The molecule has 0 saturated carbocycles. The Kier molecular flexibility index (Phi) is 3.19. The van der Waals surface area contributed by atoms with E-state index in [0.29, 0.717) is 12.5 Å². The predicted octanol–water partition coefficient (Wildman–Crippen LogP) is 1.89. The lowest BCUT2D eigenvalue weighted by Gasteiger charge is -2.30. The van der Waals surface area contributed by atoms with Crippen molar-refractivity contribution in [3.05, 3.63) is 29.3 Å². The number of nitrogens with zero attached hydrogens (tertiary/aromatic N) is 1. The fraction of sp³-hybridized carbons (Fsp3) is 0.500. The summed E-state index contributed by atoms with van der Waals surface area (Å²) in [6.45, 7) is 2.33. The van der Waals surface area contributed by atoms with Crippen molar-refractivity contribution in [2.24, 2.45) is 0 Å². The van der Waals surface area contributed by atoms with Crippen molar-refractivity contribution in [3.8, 4) is 5.75 Å². The van der Waals surface area contributed by atoms with Gasteiger partial charge in [-0.25, -0.2) is 0 Å². The van der Waals surface area contributed by atoms with Crippen LogP contribution in [0.15, 0.2) is 18.2 Å². The summed E-state index contributed by atoms with van der Waals surface area (Å²) in [6, 6.07) is 6.42. The molecule has 0 bridgehead atoms. The third-order valence-electron chi connectivity index (χ3n) is 3.84. The van der Waals surface area contributed by atoms with Crippen molar-refractivity contribution in [3.63, 3.8) is 0 Å². The van der Waals surface area contributed by atoms with Gasteiger partial charge in [0.25, 0.3) is 0 Å². The normalized spacial score (nSPS) is 20.1. The van der Waals surface area contributed by atoms with Gasteiger partial charge in [-0.05, 0) is 30.4 Å². The van der Waals surface area contributed by atoms with Crippen LogP contribution in [-0.4, -0.2) is 31.0 Å². The summed E-state index contributed by atoms with van der Waals surface area (Å²) in [5.41, 5.74) is 2.51. The van der Waals surface area contributed by atoms with Gasteiger partial charge in [0.2, 0.25) is 6.41 Å². The van der Waals surface area contributed by atoms with Crippen molar-refractivity contribution >= 4 is 6.41 Å². The van der Waals surface area contributed by atoms with Crippen molar-refractivity contribution < 1.29 is 14.6 Å². The Balaban J connectivity index is 1.74. The second-order valence-electron chi connectivity index (χ2n) is 4.94. The van der Waals surface area contributed by atoms with Crippen LogP contribution in [0, 0.1) is 0 Å². The minimum atomic E-state index is 0.525. The minimum absolute atomic E-state index is 0.525. The number of carbonyl (C=O) groups is 1. The van der Waals surface area contributed by atoms with Crippen LogP contribution in [0.5, 0.6) is 5.75 Å². The second-order valence-corrected chi connectivity index (χ2v) is 4.94. The van der Waals surface area contributed by atoms with Gasteiger partial charge in [-0.2, -0.15) is 4.89 Å². The predicted molar refractivity (Wildman–Crippen MR) is 66.3 cm³/mol. The number of piperidine rings is 1. The smallest absolute Gasteiger partial charge is 0.209 e. The van der Waals surface area contributed by atoms with Crippen LogP contribution in [0.3, 0.4) is 0 Å². The van der Waals surface area contributed by atoms with E-state index in [1.807, 2.05) is 4.90 Å². The Hall–Kier alpha value is -1.55. The summed E-state index contributed by atoms with van der Waals surface area (Å²) >= 11 is 0. The molecule has 0 N–H and O–H groups in total. The molecule has 18 heavy (non-hydrogen) atoms. The molecule has 1 amide bonds. The van der Waals surface area contributed by atoms with E-state index in [4.69, 9.17) is 9.78 Å². The van der Waals surface area contributed by atoms with Crippen molar-refractivity contribution in [2.75, 3.05) is 19.7 Å². The molecular formula is C14H17NO3. The Morgan fingerprint density at radius 2 is 2.11 bits per heavy atom. The third kappa shape index (κ3) is 2.20. The minimum Gasteiger partial charge on any atom is -0.345 e. The van der Waals surface area contributed by atoms with E-state index in [-0.39, 0.29) is 0 Å². The summed E-state index contributed by atoms with van der Waals surface area (Å²) < 4.78 is 0. The van der Waals surface area contributed by atoms with Crippen LogP contribution in [0.4, 0.5) is 0 Å². The summed E-state index contributed by atoms with van der Waals surface area (Å²) in [4.78, 5) is 22.8. The summed E-state index contributed by atoms with van der Waals surface area (Å²) in [7, 11) is 0. The lowest BCUT2D eigenvalue weighted by molar-refractivity contribution is -0.215. The SMILES string of the molecule is O=CN1CCC(c2ccc3c(c2)OOCC3)CC1. The van der Waals surface area contributed by atoms with Gasteiger partial charge in [0.15, 0.2) is 5.75 Å². The third-order valence-corrected chi connectivity index (χ3v) is 3.84. The first-order chi connectivity index (χ1) is 8.86. The maximum Gasteiger partial charge on any atom is 0.209 e. The topological polar surface area (TPSA) is 38.8 Å². The maximum atomic E-state index is 10.7. The quantitative estimate of drug-likeness (QED) is 0.591. The summed E-state index contributed by atoms with van der Waals surface area (Å²) in [6.07, 6.45) is 3.91. The monoisotopic (exact) mass is 247 g/mol. The molecule has 0 spiro atoms. The Morgan fingerprint density at radius 1 is 1.28 bits per heavy atom. The largest absolute Gasteiger partial charge is 0.345 e. The highest BCUT2D eigenvalue weighted by molar-refractivity contribution is 5.47. The zero-order valence-electron chi connectivity index (χ0n) is 10.3. The van der Waals surface area contributed by atoms with Crippen LogP contribution in [0.2, 0.25) is 0 Å². The van der Waals surface area contributed by atoms with Crippen molar-refractivity contribution in [1.82, 2.24) is 4.90 Å². The lowest BCUT2D eigenvalue weighted by Crippen LogP contribution is -2.31. The Bertz CT molecular complexity index is 439. The van der Waals surface area contributed by atoms with Gasteiger partial charge in [-0.3, -0.25) is 4.79 Å². The van der Waals surface area contributed by atoms with Gasteiger partial charge < -0.3 is 9.79 Å². The number of benzene rings is 1. The number of amides is 1. The molecule has 1 fully saturated rings. The van der Waals surface area contributed by atoms with Gasteiger partial charge in [0.1, 0.15) is 0 Å². The van der Waals surface area contributed by atoms with Gasteiger partial charge in [0.05, 0.1) is 6.61 Å². The molecule has 96 valence electrons. The average molecular weight is 247 g/mol. The summed E-state index contributed by atoms with van der Waals surface area (Å²) in [5, 5.41) is 0. The van der Waals surface area contributed by atoms with Gasteiger partial charge in [0, 0.05) is 25.1 Å². The first kappa shape index (κ1) is 11.5. The fourth-order valence-electron chi connectivity index (χ4n) is 2.70. The number of carbonyl (C=O) groups excluding carboxylic acids is 1. The maximum absolute atomic E-state index is 10.7. The second kappa shape index (κ2) is 4.98.